The number of carbonyl (C=O) groups excluding carboxylic acids is 2. The predicted octanol–water partition coefficient (Wildman–Crippen LogP) is 7.07. The first-order valence-electron chi connectivity index (χ1n) is 14.9. The van der Waals surface area contributed by atoms with Crippen molar-refractivity contribution in [1.29, 1.82) is 0 Å². The van der Waals surface area contributed by atoms with Crippen LogP contribution in [0.25, 0.3) is 23.3 Å². The zero-order valence-corrected chi connectivity index (χ0v) is 24.4. The van der Waals surface area contributed by atoms with E-state index < -0.39 is 0 Å². The Morgan fingerprint density at radius 1 is 1.00 bits per heavy atom. The largest absolute Gasteiger partial charge is 0.387 e. The Kier molecular flexibility index (Phi) is 10.3. The van der Waals surface area contributed by atoms with Gasteiger partial charge in [0.15, 0.2) is 6.29 Å². The molecule has 0 spiro atoms. The second kappa shape index (κ2) is 14.1. The lowest BCUT2D eigenvalue weighted by molar-refractivity contribution is -0.127. The van der Waals surface area contributed by atoms with Crippen molar-refractivity contribution in [2.75, 3.05) is 26.7 Å². The Bertz CT molecular complexity index is 1280. The molecule has 40 heavy (non-hydrogen) atoms. The smallest absolute Gasteiger partial charge is 0.250 e. The number of fused-ring (bicyclic) bond motifs is 1. The number of benzene rings is 2. The van der Waals surface area contributed by atoms with Crippen molar-refractivity contribution < 1.29 is 9.59 Å². The van der Waals surface area contributed by atoms with E-state index >= 15 is 0 Å². The molecule has 0 radical (unpaired) electrons. The van der Waals surface area contributed by atoms with Crippen molar-refractivity contribution in [3.05, 3.63) is 64.9 Å². The number of carbonyl (C=O) groups is 2. The summed E-state index contributed by atoms with van der Waals surface area (Å²) in [6.45, 7) is 6.68. The third-order valence-electron chi connectivity index (χ3n) is 7.87. The van der Waals surface area contributed by atoms with Crippen LogP contribution in [0, 0.1) is 5.92 Å². The first kappa shape index (κ1) is 29.3. The van der Waals surface area contributed by atoms with Crippen LogP contribution in [0.4, 0.5) is 5.69 Å². The van der Waals surface area contributed by atoms with Gasteiger partial charge in [-0.25, -0.2) is 4.99 Å². The van der Waals surface area contributed by atoms with Gasteiger partial charge >= 0.3 is 0 Å². The normalized spacial score (nSPS) is 15.7. The van der Waals surface area contributed by atoms with Crippen molar-refractivity contribution in [1.82, 2.24) is 9.80 Å². The number of amides is 1. The summed E-state index contributed by atoms with van der Waals surface area (Å²) >= 11 is 0. The van der Waals surface area contributed by atoms with Crippen molar-refractivity contribution in [2.24, 2.45) is 16.6 Å². The molecule has 1 aliphatic carbocycles. The summed E-state index contributed by atoms with van der Waals surface area (Å²) in [5, 5.41) is 0. The minimum Gasteiger partial charge on any atom is -0.387 e. The van der Waals surface area contributed by atoms with E-state index in [-0.39, 0.29) is 5.91 Å². The van der Waals surface area contributed by atoms with Gasteiger partial charge in [0, 0.05) is 49.8 Å². The molecule has 2 aliphatic rings. The van der Waals surface area contributed by atoms with E-state index in [1.165, 1.54) is 32.1 Å². The van der Waals surface area contributed by atoms with Gasteiger partial charge in [-0.2, -0.15) is 0 Å². The van der Waals surface area contributed by atoms with Gasteiger partial charge in [-0.15, -0.1) is 0 Å². The monoisotopic (exact) mass is 540 g/mol. The SMILES string of the molecule is CCCN(CCC)C(=O)C1=Cc2ccc(-c3ccc(C=O)c(/C=C\N(C)CC4CCCCC4)c3)cc2N=C(N)C1. The average molecular weight is 541 g/mol. The van der Waals surface area contributed by atoms with Crippen LogP contribution >= 0.6 is 0 Å². The molecule has 2 aromatic rings. The van der Waals surface area contributed by atoms with Gasteiger partial charge in [-0.3, -0.25) is 9.59 Å². The van der Waals surface area contributed by atoms with Crippen LogP contribution in [0.15, 0.2) is 53.2 Å². The van der Waals surface area contributed by atoms with Crippen LogP contribution in [-0.4, -0.2) is 54.5 Å². The number of hydrogen-bond donors (Lipinski definition) is 1. The Morgan fingerprint density at radius 2 is 1.70 bits per heavy atom. The van der Waals surface area contributed by atoms with E-state index in [4.69, 9.17) is 5.73 Å². The summed E-state index contributed by atoms with van der Waals surface area (Å²) in [6, 6.07) is 12.0. The zero-order chi connectivity index (χ0) is 28.5. The van der Waals surface area contributed by atoms with Crippen molar-refractivity contribution >= 4 is 35.9 Å². The molecule has 2 N–H and O–H groups in total. The molecule has 0 saturated heterocycles. The molecule has 6 nitrogen and oxygen atoms in total. The van der Waals surface area contributed by atoms with Crippen molar-refractivity contribution in [2.45, 2.75) is 65.2 Å². The highest BCUT2D eigenvalue weighted by atomic mass is 16.2. The molecule has 2 aromatic carbocycles. The molecule has 1 aliphatic heterocycles. The van der Waals surface area contributed by atoms with Crippen molar-refractivity contribution in [3.63, 3.8) is 0 Å². The maximum atomic E-state index is 13.3. The Balaban J connectivity index is 1.58. The highest BCUT2D eigenvalue weighted by Crippen LogP contribution is 2.33. The highest BCUT2D eigenvalue weighted by Gasteiger charge is 2.21. The fourth-order valence-corrected chi connectivity index (χ4v) is 5.82. The molecule has 4 rings (SSSR count). The van der Waals surface area contributed by atoms with Gasteiger partial charge in [0.1, 0.15) is 5.84 Å². The standard InChI is InChI=1S/C34H44N4O2/c1-4-16-38(17-5-2)34(40)31-20-29-13-11-27(21-32(29)36-33(35)22-31)26-12-14-30(24-39)28(19-26)15-18-37(3)23-25-9-7-6-8-10-25/h11-15,18-21,24-25H,4-10,16-17,22-23H2,1-3H3,(H2,35,36)/b18-15-. The van der Waals surface area contributed by atoms with E-state index in [1.54, 1.807) is 0 Å². The predicted molar refractivity (Wildman–Crippen MR) is 167 cm³/mol. The number of aliphatic imine (C=N–C) groups is 1. The summed E-state index contributed by atoms with van der Waals surface area (Å²) in [5.41, 5.74) is 12.1. The van der Waals surface area contributed by atoms with Crippen LogP contribution in [0.1, 0.15) is 86.7 Å². The highest BCUT2D eigenvalue weighted by molar-refractivity contribution is 6.05. The lowest BCUT2D eigenvalue weighted by Gasteiger charge is -2.26. The topological polar surface area (TPSA) is 79.0 Å². The van der Waals surface area contributed by atoms with Crippen molar-refractivity contribution in [3.8, 4) is 11.1 Å². The summed E-state index contributed by atoms with van der Waals surface area (Å²) in [4.78, 5) is 33.9. The van der Waals surface area contributed by atoms with Crippen LogP contribution in [0.3, 0.4) is 0 Å². The minimum absolute atomic E-state index is 0.0353. The van der Waals surface area contributed by atoms with Gasteiger partial charge in [0.25, 0.3) is 0 Å². The first-order valence-corrected chi connectivity index (χ1v) is 14.9. The molecular formula is C34H44N4O2. The Labute approximate surface area is 239 Å². The fourth-order valence-electron chi connectivity index (χ4n) is 5.82. The van der Waals surface area contributed by atoms with Gasteiger partial charge in [0.2, 0.25) is 5.91 Å². The summed E-state index contributed by atoms with van der Waals surface area (Å²) in [6.07, 6.45) is 15.8. The molecule has 212 valence electrons. The van der Waals surface area contributed by atoms with E-state index in [0.717, 1.165) is 72.6 Å². The minimum atomic E-state index is 0.0353. The number of nitrogens with zero attached hydrogens (tertiary/aromatic N) is 3. The number of nitrogens with two attached hydrogens (primary N) is 1. The number of hydrogen-bond acceptors (Lipinski definition) is 5. The molecule has 0 atom stereocenters. The van der Waals surface area contributed by atoms with E-state index in [9.17, 15) is 9.59 Å². The number of aldehydes is 1. The average Bonchev–Trinajstić information content (AvgIpc) is 3.13. The third kappa shape index (κ3) is 7.50. The molecule has 1 heterocycles. The molecule has 1 fully saturated rings. The summed E-state index contributed by atoms with van der Waals surface area (Å²) in [5.74, 6) is 1.22. The van der Waals surface area contributed by atoms with Crippen LogP contribution in [0.2, 0.25) is 0 Å². The summed E-state index contributed by atoms with van der Waals surface area (Å²) < 4.78 is 0. The fraction of sp³-hybridized carbons (Fsp3) is 0.441. The molecule has 0 unspecified atom stereocenters. The van der Waals surface area contributed by atoms with Crippen LogP contribution in [0.5, 0.6) is 0 Å². The Morgan fingerprint density at radius 3 is 2.40 bits per heavy atom. The van der Waals surface area contributed by atoms with Gasteiger partial charge in [-0.05, 0) is 78.8 Å². The number of rotatable bonds is 11. The van der Waals surface area contributed by atoms with Gasteiger partial charge < -0.3 is 15.5 Å². The maximum absolute atomic E-state index is 13.3. The molecule has 1 amide bonds. The zero-order valence-electron chi connectivity index (χ0n) is 24.4. The summed E-state index contributed by atoms with van der Waals surface area (Å²) in [7, 11) is 2.11. The quantitative estimate of drug-likeness (QED) is 0.309. The molecule has 0 aromatic heterocycles. The van der Waals surface area contributed by atoms with E-state index in [2.05, 4.69) is 43.1 Å². The van der Waals surface area contributed by atoms with Gasteiger partial charge in [-0.1, -0.05) is 57.4 Å². The number of amidine groups is 1. The lowest BCUT2D eigenvalue weighted by Crippen LogP contribution is -2.34. The maximum Gasteiger partial charge on any atom is 0.250 e. The second-order valence-corrected chi connectivity index (χ2v) is 11.2. The molecule has 1 saturated carbocycles. The first-order chi connectivity index (χ1) is 19.4. The second-order valence-electron chi connectivity index (χ2n) is 11.2. The molecule has 6 heteroatoms. The Hall–Kier alpha value is -3.67. The van der Waals surface area contributed by atoms with Crippen LogP contribution < -0.4 is 5.73 Å². The van der Waals surface area contributed by atoms with E-state index in [0.29, 0.717) is 23.4 Å². The van der Waals surface area contributed by atoms with Gasteiger partial charge in [0.05, 0.1) is 5.69 Å². The van der Waals surface area contributed by atoms with Crippen LogP contribution in [-0.2, 0) is 4.79 Å². The molecule has 0 bridgehead atoms. The van der Waals surface area contributed by atoms with E-state index in [1.807, 2.05) is 47.4 Å². The molecular weight excluding hydrogens is 496 g/mol. The third-order valence-corrected chi connectivity index (χ3v) is 7.87. The lowest BCUT2D eigenvalue weighted by atomic mass is 9.89.